The molecule has 148 valence electrons. The molecule has 4 rings (SSSR count). The van der Waals surface area contributed by atoms with Gasteiger partial charge in [0, 0.05) is 23.4 Å². The predicted molar refractivity (Wildman–Crippen MR) is 106 cm³/mol. The van der Waals surface area contributed by atoms with Gasteiger partial charge in [0.1, 0.15) is 11.1 Å². The highest BCUT2D eigenvalue weighted by Gasteiger charge is 2.43. The highest BCUT2D eigenvalue weighted by molar-refractivity contribution is 5.96. The van der Waals surface area contributed by atoms with Gasteiger partial charge in [-0.15, -0.1) is 0 Å². The van der Waals surface area contributed by atoms with Crippen LogP contribution in [0.4, 0.5) is 0 Å². The Balaban J connectivity index is 1.47. The highest BCUT2D eigenvalue weighted by atomic mass is 16.4. The molecular weight excluding hydrogens is 356 g/mol. The molecule has 2 aromatic rings. The van der Waals surface area contributed by atoms with Crippen molar-refractivity contribution in [3.8, 4) is 0 Å². The third-order valence-electron chi connectivity index (χ3n) is 6.54. The van der Waals surface area contributed by atoms with Gasteiger partial charge in [0.2, 0.25) is 5.91 Å². The Hall–Kier alpha value is -2.63. The first kappa shape index (κ1) is 18.7. The van der Waals surface area contributed by atoms with Gasteiger partial charge in [0.15, 0.2) is 0 Å². The zero-order valence-electron chi connectivity index (χ0n) is 16.2. The van der Waals surface area contributed by atoms with Crippen molar-refractivity contribution in [2.45, 2.75) is 51.6 Å². The molecular formula is C22H26N2O4. The molecule has 28 heavy (non-hydrogen) atoms. The zero-order chi connectivity index (χ0) is 19.8. The van der Waals surface area contributed by atoms with Gasteiger partial charge in [-0.2, -0.15) is 0 Å². The van der Waals surface area contributed by atoms with E-state index in [-0.39, 0.29) is 29.5 Å². The smallest absolute Gasteiger partial charge is 0.349 e. The van der Waals surface area contributed by atoms with Crippen molar-refractivity contribution >= 4 is 22.8 Å². The number of carbonyl (C=O) groups is 2. The van der Waals surface area contributed by atoms with Gasteiger partial charge in [-0.25, -0.2) is 4.79 Å². The van der Waals surface area contributed by atoms with Gasteiger partial charge in [-0.05, 0) is 49.7 Å². The Morgan fingerprint density at radius 2 is 2.04 bits per heavy atom. The Morgan fingerprint density at radius 1 is 1.25 bits per heavy atom. The zero-order valence-corrected chi connectivity index (χ0v) is 16.2. The molecule has 0 bridgehead atoms. The molecule has 2 amide bonds. The second-order valence-electron chi connectivity index (χ2n) is 8.12. The van der Waals surface area contributed by atoms with Crippen LogP contribution in [0.2, 0.25) is 0 Å². The second kappa shape index (κ2) is 7.41. The van der Waals surface area contributed by atoms with E-state index in [9.17, 15) is 14.4 Å². The normalized spacial score (nSPS) is 29.8. The topological polar surface area (TPSA) is 88.4 Å². The fraction of sp³-hybridized carbons (Fsp3) is 0.500. The third-order valence-corrected chi connectivity index (χ3v) is 6.54. The van der Waals surface area contributed by atoms with Crippen molar-refractivity contribution in [2.75, 3.05) is 0 Å². The lowest BCUT2D eigenvalue weighted by Crippen LogP contribution is -2.58. The van der Waals surface area contributed by atoms with Crippen molar-refractivity contribution < 1.29 is 14.0 Å². The Bertz CT molecular complexity index is 966. The summed E-state index contributed by atoms with van der Waals surface area (Å²) in [6.07, 6.45) is 3.36. The fourth-order valence-electron chi connectivity index (χ4n) is 4.99. The number of nitrogens with one attached hydrogen (secondary N) is 2. The van der Waals surface area contributed by atoms with E-state index in [1.807, 2.05) is 12.1 Å². The molecule has 1 aromatic carbocycles. The summed E-state index contributed by atoms with van der Waals surface area (Å²) in [6.45, 7) is 4.23. The molecule has 5 unspecified atom stereocenters. The van der Waals surface area contributed by atoms with Crippen LogP contribution in [0, 0.1) is 17.8 Å². The molecule has 1 aliphatic carbocycles. The lowest BCUT2D eigenvalue weighted by atomic mass is 9.67. The quantitative estimate of drug-likeness (QED) is 0.799. The second-order valence-corrected chi connectivity index (χ2v) is 8.12. The standard InChI is InChI=1S/C22H26N2O4/c1-3-15-12(2)16-9-8-14(11-18(16)24-20(15)25)23-21(26)17-10-13-6-4-5-7-19(13)28-22(17)27/h4-7,10,12,14-16,18H,3,8-9,11H2,1-2H3,(H,23,26)(H,24,25). The van der Waals surface area contributed by atoms with E-state index in [4.69, 9.17) is 4.42 Å². The molecule has 1 aromatic heterocycles. The minimum Gasteiger partial charge on any atom is -0.422 e. The lowest BCUT2D eigenvalue weighted by Gasteiger charge is -2.46. The van der Waals surface area contributed by atoms with Crippen LogP contribution in [0.25, 0.3) is 11.0 Å². The van der Waals surface area contributed by atoms with E-state index < -0.39 is 11.5 Å². The van der Waals surface area contributed by atoms with Crippen molar-refractivity contribution in [1.82, 2.24) is 10.6 Å². The number of carbonyl (C=O) groups excluding carboxylic acids is 2. The molecule has 2 heterocycles. The summed E-state index contributed by atoms with van der Waals surface area (Å²) in [7, 11) is 0. The summed E-state index contributed by atoms with van der Waals surface area (Å²) in [5, 5.41) is 6.85. The van der Waals surface area contributed by atoms with Crippen LogP contribution in [0.15, 0.2) is 39.5 Å². The largest absolute Gasteiger partial charge is 0.422 e. The molecule has 2 aliphatic rings. The first-order chi connectivity index (χ1) is 13.5. The summed E-state index contributed by atoms with van der Waals surface area (Å²) >= 11 is 0. The van der Waals surface area contributed by atoms with Gasteiger partial charge < -0.3 is 15.1 Å². The highest BCUT2D eigenvalue weighted by Crippen LogP contribution is 2.38. The van der Waals surface area contributed by atoms with E-state index in [0.29, 0.717) is 23.8 Å². The predicted octanol–water partition coefficient (Wildman–Crippen LogP) is 2.85. The van der Waals surface area contributed by atoms with Gasteiger partial charge >= 0.3 is 5.63 Å². The SMILES string of the molecule is CCC1C(=O)NC2CC(NC(=O)c3cc4ccccc4oc3=O)CCC2C1C. The Labute approximate surface area is 163 Å². The van der Waals surface area contributed by atoms with Gasteiger partial charge in [-0.1, -0.05) is 32.0 Å². The van der Waals surface area contributed by atoms with Crippen LogP contribution in [-0.2, 0) is 4.79 Å². The number of para-hydroxylation sites is 1. The van der Waals surface area contributed by atoms with Crippen molar-refractivity contribution in [2.24, 2.45) is 17.8 Å². The molecule has 1 aliphatic heterocycles. The van der Waals surface area contributed by atoms with E-state index in [0.717, 1.165) is 24.6 Å². The average Bonchev–Trinajstić information content (AvgIpc) is 2.67. The summed E-state index contributed by atoms with van der Waals surface area (Å²) in [6, 6.07) is 8.73. The van der Waals surface area contributed by atoms with Crippen LogP contribution in [0.1, 0.15) is 49.9 Å². The number of piperidine rings is 1. The minimum absolute atomic E-state index is 0.0212. The Morgan fingerprint density at radius 3 is 2.82 bits per heavy atom. The number of hydrogen-bond donors (Lipinski definition) is 2. The molecule has 2 N–H and O–H groups in total. The molecule has 6 nitrogen and oxygen atoms in total. The van der Waals surface area contributed by atoms with E-state index in [1.54, 1.807) is 18.2 Å². The van der Waals surface area contributed by atoms with Gasteiger partial charge in [0.05, 0.1) is 0 Å². The maximum Gasteiger partial charge on any atom is 0.349 e. The summed E-state index contributed by atoms with van der Waals surface area (Å²) in [4.78, 5) is 37.3. The molecule has 2 fully saturated rings. The number of hydrogen-bond acceptors (Lipinski definition) is 4. The van der Waals surface area contributed by atoms with Gasteiger partial charge in [0.25, 0.3) is 5.91 Å². The summed E-state index contributed by atoms with van der Waals surface area (Å²) in [5.41, 5.74) is -0.142. The number of benzene rings is 1. The van der Waals surface area contributed by atoms with E-state index in [2.05, 4.69) is 24.5 Å². The molecule has 1 saturated heterocycles. The average molecular weight is 382 g/mol. The molecule has 5 atom stereocenters. The van der Waals surface area contributed by atoms with Crippen LogP contribution >= 0.6 is 0 Å². The monoisotopic (exact) mass is 382 g/mol. The van der Waals surface area contributed by atoms with Crippen molar-refractivity contribution in [3.05, 3.63) is 46.3 Å². The molecule has 6 heteroatoms. The van der Waals surface area contributed by atoms with Crippen LogP contribution in [-0.4, -0.2) is 23.9 Å². The summed E-state index contributed by atoms with van der Waals surface area (Å²) < 4.78 is 5.27. The summed E-state index contributed by atoms with van der Waals surface area (Å²) in [5.74, 6) is 0.590. The van der Waals surface area contributed by atoms with Crippen LogP contribution < -0.4 is 16.3 Å². The third kappa shape index (κ3) is 3.32. The molecule has 0 radical (unpaired) electrons. The molecule has 1 saturated carbocycles. The first-order valence-electron chi connectivity index (χ1n) is 10.1. The number of fused-ring (bicyclic) bond motifs is 2. The number of amides is 2. The van der Waals surface area contributed by atoms with Crippen molar-refractivity contribution in [1.29, 1.82) is 0 Å². The maximum atomic E-state index is 12.7. The fourth-order valence-corrected chi connectivity index (χ4v) is 4.99. The van der Waals surface area contributed by atoms with E-state index in [1.165, 1.54) is 0 Å². The van der Waals surface area contributed by atoms with E-state index >= 15 is 0 Å². The van der Waals surface area contributed by atoms with Crippen molar-refractivity contribution in [3.63, 3.8) is 0 Å². The first-order valence-corrected chi connectivity index (χ1v) is 10.1. The molecule has 0 spiro atoms. The maximum absolute atomic E-state index is 12.7. The Kier molecular flexibility index (Phi) is 4.96. The van der Waals surface area contributed by atoms with Crippen LogP contribution in [0.5, 0.6) is 0 Å². The van der Waals surface area contributed by atoms with Gasteiger partial charge in [-0.3, -0.25) is 9.59 Å². The lowest BCUT2D eigenvalue weighted by molar-refractivity contribution is -0.133. The number of rotatable bonds is 3. The minimum atomic E-state index is -0.629. The van der Waals surface area contributed by atoms with Crippen LogP contribution in [0.3, 0.4) is 0 Å².